The Morgan fingerprint density at radius 1 is 1.00 bits per heavy atom. The van der Waals surface area contributed by atoms with Crippen molar-refractivity contribution < 1.29 is 19.0 Å². The Hall–Kier alpha value is -3.51. The summed E-state index contributed by atoms with van der Waals surface area (Å²) in [6, 6.07) is 18.7. The van der Waals surface area contributed by atoms with E-state index in [9.17, 15) is 4.79 Å². The summed E-state index contributed by atoms with van der Waals surface area (Å²) in [6.45, 7) is 4.07. The number of halogens is 1. The number of carbonyl (C=O) groups excluding carboxylic acids is 1. The molecule has 1 N–H and O–H groups in total. The monoisotopic (exact) mass is 452 g/mol. The molecule has 0 heterocycles. The highest BCUT2D eigenvalue weighted by molar-refractivity contribution is 6.31. The number of hydrazone groups is 1. The van der Waals surface area contributed by atoms with E-state index in [4.69, 9.17) is 25.8 Å². The molecule has 0 aliphatic rings. The van der Waals surface area contributed by atoms with E-state index >= 15 is 0 Å². The highest BCUT2D eigenvalue weighted by Gasteiger charge is 2.08. The van der Waals surface area contributed by atoms with Gasteiger partial charge in [-0.1, -0.05) is 48.0 Å². The molecule has 166 valence electrons. The Labute approximate surface area is 192 Å². The maximum atomic E-state index is 12.0. The van der Waals surface area contributed by atoms with Crippen molar-refractivity contribution in [3.05, 3.63) is 87.9 Å². The molecule has 0 fully saturated rings. The van der Waals surface area contributed by atoms with Crippen molar-refractivity contribution in [2.45, 2.75) is 20.5 Å². The van der Waals surface area contributed by atoms with Gasteiger partial charge < -0.3 is 14.2 Å². The lowest BCUT2D eigenvalue weighted by Gasteiger charge is -2.12. The fourth-order valence-electron chi connectivity index (χ4n) is 3.03. The van der Waals surface area contributed by atoms with E-state index in [2.05, 4.69) is 10.5 Å². The predicted molar refractivity (Wildman–Crippen MR) is 126 cm³/mol. The lowest BCUT2D eigenvalue weighted by Crippen LogP contribution is -2.25. The number of nitrogens with zero attached hydrogens (tertiary/aromatic N) is 1. The second-order valence-corrected chi connectivity index (χ2v) is 7.50. The van der Waals surface area contributed by atoms with Gasteiger partial charge in [0.05, 0.1) is 13.3 Å². The molecule has 0 unspecified atom stereocenters. The second-order valence-electron chi connectivity index (χ2n) is 7.09. The summed E-state index contributed by atoms with van der Waals surface area (Å²) in [5.41, 5.74) is 6.04. The fourth-order valence-corrected chi connectivity index (χ4v) is 3.22. The van der Waals surface area contributed by atoms with E-state index in [-0.39, 0.29) is 12.5 Å². The molecule has 0 aliphatic heterocycles. The molecule has 1 amide bonds. The van der Waals surface area contributed by atoms with Crippen molar-refractivity contribution in [2.24, 2.45) is 5.10 Å². The molecule has 0 atom stereocenters. The van der Waals surface area contributed by atoms with Crippen LogP contribution in [0.5, 0.6) is 17.2 Å². The van der Waals surface area contributed by atoms with Crippen LogP contribution in [-0.4, -0.2) is 25.8 Å². The number of methoxy groups -OCH3 is 1. The van der Waals surface area contributed by atoms with Gasteiger partial charge in [0.25, 0.3) is 5.91 Å². The summed E-state index contributed by atoms with van der Waals surface area (Å²) in [4.78, 5) is 12.0. The first kappa shape index (κ1) is 23.2. The van der Waals surface area contributed by atoms with E-state index < -0.39 is 0 Å². The van der Waals surface area contributed by atoms with Crippen LogP contribution in [0.4, 0.5) is 0 Å². The van der Waals surface area contributed by atoms with Crippen LogP contribution in [0.15, 0.2) is 65.8 Å². The standard InChI is InChI=1S/C25H25ClN2O4/c1-17-7-6-8-18(2)25(17)32-16-24(29)28-27-14-19-11-12-22(23(13-19)30-3)31-15-20-9-4-5-10-21(20)26/h4-14H,15-16H2,1-3H3,(H,28,29). The van der Waals surface area contributed by atoms with Crippen molar-refractivity contribution in [3.8, 4) is 17.2 Å². The lowest BCUT2D eigenvalue weighted by atomic mass is 10.1. The first-order valence-electron chi connectivity index (χ1n) is 10.0. The minimum atomic E-state index is -0.351. The summed E-state index contributed by atoms with van der Waals surface area (Å²) in [6.07, 6.45) is 1.53. The van der Waals surface area contributed by atoms with E-state index in [0.717, 1.165) is 22.3 Å². The minimum Gasteiger partial charge on any atom is -0.493 e. The van der Waals surface area contributed by atoms with Crippen molar-refractivity contribution in [1.29, 1.82) is 0 Å². The van der Waals surface area contributed by atoms with Crippen LogP contribution in [-0.2, 0) is 11.4 Å². The Kier molecular flexibility index (Phi) is 8.11. The average molecular weight is 453 g/mol. The number of benzene rings is 3. The molecule has 32 heavy (non-hydrogen) atoms. The number of hydrogen-bond acceptors (Lipinski definition) is 5. The van der Waals surface area contributed by atoms with Crippen molar-refractivity contribution >= 4 is 23.7 Å². The summed E-state index contributed by atoms with van der Waals surface area (Å²) in [5, 5.41) is 4.64. The van der Waals surface area contributed by atoms with Crippen LogP contribution in [0.2, 0.25) is 5.02 Å². The topological polar surface area (TPSA) is 69.2 Å². The quantitative estimate of drug-likeness (QED) is 0.363. The molecular weight excluding hydrogens is 428 g/mol. The molecule has 3 aromatic carbocycles. The lowest BCUT2D eigenvalue weighted by molar-refractivity contribution is -0.123. The highest BCUT2D eigenvalue weighted by atomic mass is 35.5. The van der Waals surface area contributed by atoms with Crippen molar-refractivity contribution in [1.82, 2.24) is 5.43 Å². The minimum absolute atomic E-state index is 0.124. The molecule has 0 aromatic heterocycles. The van der Waals surface area contributed by atoms with Gasteiger partial charge in [0.2, 0.25) is 0 Å². The first-order chi connectivity index (χ1) is 15.5. The van der Waals surface area contributed by atoms with Gasteiger partial charge in [0.1, 0.15) is 12.4 Å². The average Bonchev–Trinajstić information content (AvgIpc) is 2.78. The molecule has 7 heteroatoms. The number of aryl methyl sites for hydroxylation is 2. The normalized spacial score (nSPS) is 10.8. The van der Waals surface area contributed by atoms with Gasteiger partial charge in [-0.15, -0.1) is 0 Å². The van der Waals surface area contributed by atoms with E-state index in [1.54, 1.807) is 19.2 Å². The molecule has 3 rings (SSSR count). The molecule has 3 aromatic rings. The van der Waals surface area contributed by atoms with E-state index in [1.807, 2.05) is 62.4 Å². The molecular formula is C25H25ClN2O4. The SMILES string of the molecule is COc1cc(C=NNC(=O)COc2c(C)cccc2C)ccc1OCc1ccccc1Cl. The summed E-state index contributed by atoms with van der Waals surface area (Å²) >= 11 is 6.17. The smallest absolute Gasteiger partial charge is 0.277 e. The van der Waals surface area contributed by atoms with Crippen LogP contribution in [0.1, 0.15) is 22.3 Å². The van der Waals surface area contributed by atoms with Crippen LogP contribution in [0.25, 0.3) is 0 Å². The Bertz CT molecular complexity index is 1090. The van der Waals surface area contributed by atoms with Crippen molar-refractivity contribution in [2.75, 3.05) is 13.7 Å². The van der Waals surface area contributed by atoms with Gasteiger partial charge in [0, 0.05) is 10.6 Å². The highest BCUT2D eigenvalue weighted by Crippen LogP contribution is 2.29. The van der Waals surface area contributed by atoms with E-state index in [1.165, 1.54) is 6.21 Å². The molecule has 0 spiro atoms. The number of rotatable bonds is 9. The Morgan fingerprint density at radius 3 is 2.47 bits per heavy atom. The molecule has 0 radical (unpaired) electrons. The zero-order valence-corrected chi connectivity index (χ0v) is 19.0. The maximum absolute atomic E-state index is 12.0. The first-order valence-corrected chi connectivity index (χ1v) is 10.4. The number of carbonyl (C=O) groups is 1. The Balaban J connectivity index is 1.55. The van der Waals surface area contributed by atoms with Gasteiger partial charge in [-0.05, 0) is 54.8 Å². The van der Waals surface area contributed by atoms with Gasteiger partial charge in [-0.2, -0.15) is 5.10 Å². The third kappa shape index (κ3) is 6.25. The van der Waals surface area contributed by atoms with Crippen LogP contribution < -0.4 is 19.6 Å². The molecule has 0 bridgehead atoms. The third-order valence-corrected chi connectivity index (χ3v) is 5.06. The predicted octanol–water partition coefficient (Wildman–Crippen LogP) is 5.07. The van der Waals surface area contributed by atoms with Crippen LogP contribution in [0, 0.1) is 13.8 Å². The second kappa shape index (κ2) is 11.2. The Morgan fingerprint density at radius 2 is 1.75 bits per heavy atom. The molecule has 0 saturated carbocycles. The van der Waals surface area contributed by atoms with E-state index in [0.29, 0.717) is 28.9 Å². The number of hydrogen-bond donors (Lipinski definition) is 1. The number of ether oxygens (including phenoxy) is 3. The number of para-hydroxylation sites is 1. The van der Waals surface area contributed by atoms with Gasteiger partial charge >= 0.3 is 0 Å². The molecule has 0 saturated heterocycles. The maximum Gasteiger partial charge on any atom is 0.277 e. The van der Waals surface area contributed by atoms with Crippen molar-refractivity contribution in [3.63, 3.8) is 0 Å². The summed E-state index contributed by atoms with van der Waals surface area (Å²) in [7, 11) is 1.56. The van der Waals surface area contributed by atoms with Gasteiger partial charge in [-0.3, -0.25) is 4.79 Å². The molecule has 0 aliphatic carbocycles. The summed E-state index contributed by atoms with van der Waals surface area (Å²) < 4.78 is 16.9. The van der Waals surface area contributed by atoms with Crippen LogP contribution in [0.3, 0.4) is 0 Å². The summed E-state index contributed by atoms with van der Waals surface area (Å²) in [5.74, 6) is 1.49. The zero-order valence-electron chi connectivity index (χ0n) is 18.2. The number of nitrogens with one attached hydrogen (secondary N) is 1. The fraction of sp³-hybridized carbons (Fsp3) is 0.200. The van der Waals surface area contributed by atoms with Gasteiger partial charge in [-0.25, -0.2) is 5.43 Å². The van der Waals surface area contributed by atoms with Crippen LogP contribution >= 0.6 is 11.6 Å². The van der Waals surface area contributed by atoms with Gasteiger partial charge in [0.15, 0.2) is 18.1 Å². The number of amides is 1. The zero-order chi connectivity index (χ0) is 22.9. The molecule has 6 nitrogen and oxygen atoms in total. The third-order valence-electron chi connectivity index (χ3n) is 4.69. The largest absolute Gasteiger partial charge is 0.493 e.